The summed E-state index contributed by atoms with van der Waals surface area (Å²) in [5.41, 5.74) is 4.59. The second kappa shape index (κ2) is 4.90. The third-order valence-electron chi connectivity index (χ3n) is 3.46. The zero-order valence-corrected chi connectivity index (χ0v) is 10.7. The topological polar surface area (TPSA) is 44.8 Å². The highest BCUT2D eigenvalue weighted by Gasteiger charge is 2.22. The maximum absolute atomic E-state index is 4.45. The van der Waals surface area contributed by atoms with Crippen LogP contribution in [0.5, 0.6) is 0 Å². The molecular weight excluding hydrogens is 224 g/mol. The summed E-state index contributed by atoms with van der Waals surface area (Å²) in [6, 6.07) is 5.97. The predicted octanol–water partition coefficient (Wildman–Crippen LogP) is 2.24. The molecule has 0 unspecified atom stereocenters. The van der Waals surface area contributed by atoms with E-state index in [0.717, 1.165) is 37.4 Å². The third-order valence-corrected chi connectivity index (χ3v) is 3.46. The molecule has 0 aromatic carbocycles. The van der Waals surface area contributed by atoms with Crippen LogP contribution < -0.4 is 0 Å². The number of hydrogen-bond donors (Lipinski definition) is 1. The first-order valence-electron chi connectivity index (χ1n) is 6.58. The van der Waals surface area contributed by atoms with Crippen LogP contribution in [0.25, 0.3) is 11.4 Å². The first-order chi connectivity index (χ1) is 8.88. The molecule has 0 atom stereocenters. The van der Waals surface area contributed by atoms with Gasteiger partial charge >= 0.3 is 0 Å². The lowest BCUT2D eigenvalue weighted by molar-refractivity contribution is 0.254. The van der Waals surface area contributed by atoms with Crippen molar-refractivity contribution in [2.75, 3.05) is 13.1 Å². The molecule has 0 aliphatic carbocycles. The van der Waals surface area contributed by atoms with Gasteiger partial charge < -0.3 is 0 Å². The summed E-state index contributed by atoms with van der Waals surface area (Å²) in [7, 11) is 0. The number of rotatable bonds is 3. The average molecular weight is 242 g/mol. The van der Waals surface area contributed by atoms with Crippen LogP contribution in [0.2, 0.25) is 0 Å². The van der Waals surface area contributed by atoms with Crippen molar-refractivity contribution in [3.8, 4) is 11.4 Å². The van der Waals surface area contributed by atoms with Gasteiger partial charge in [0.2, 0.25) is 0 Å². The van der Waals surface area contributed by atoms with Crippen molar-refractivity contribution in [3.05, 3.63) is 35.7 Å². The Morgan fingerprint density at radius 1 is 1.39 bits per heavy atom. The van der Waals surface area contributed by atoms with Crippen LogP contribution in [0, 0.1) is 0 Å². The fourth-order valence-electron chi connectivity index (χ4n) is 2.57. The average Bonchev–Trinajstić information content (AvgIpc) is 2.83. The molecule has 0 fully saturated rings. The number of nitrogens with zero attached hydrogens (tertiary/aromatic N) is 3. The molecule has 0 amide bonds. The summed E-state index contributed by atoms with van der Waals surface area (Å²) >= 11 is 0. The molecule has 1 N–H and O–H groups in total. The van der Waals surface area contributed by atoms with Crippen LogP contribution in [0.4, 0.5) is 0 Å². The molecule has 0 bridgehead atoms. The van der Waals surface area contributed by atoms with E-state index in [1.807, 2.05) is 24.4 Å². The van der Waals surface area contributed by atoms with E-state index in [0.29, 0.717) is 0 Å². The number of hydrogen-bond acceptors (Lipinski definition) is 3. The van der Waals surface area contributed by atoms with Gasteiger partial charge in [-0.25, -0.2) is 0 Å². The smallest absolute Gasteiger partial charge is 0.115 e. The molecule has 0 saturated heterocycles. The Morgan fingerprint density at radius 3 is 3.11 bits per heavy atom. The number of fused-ring (bicyclic) bond motifs is 1. The van der Waals surface area contributed by atoms with Crippen molar-refractivity contribution >= 4 is 0 Å². The van der Waals surface area contributed by atoms with Gasteiger partial charge in [-0.05, 0) is 25.1 Å². The van der Waals surface area contributed by atoms with Crippen molar-refractivity contribution in [2.45, 2.75) is 26.3 Å². The van der Waals surface area contributed by atoms with E-state index < -0.39 is 0 Å². The third kappa shape index (κ3) is 2.04. The molecule has 3 rings (SSSR count). The molecule has 1 aliphatic heterocycles. The number of nitrogens with one attached hydrogen (secondary N) is 1. The standard InChI is InChI=1S/C14H18N4/c1-2-8-18-9-6-12-11(10-18)14(17-16-12)13-5-3-4-7-15-13/h3-5,7H,2,6,8-10H2,1H3,(H,16,17). The van der Waals surface area contributed by atoms with E-state index >= 15 is 0 Å². The molecule has 0 radical (unpaired) electrons. The lowest BCUT2D eigenvalue weighted by atomic mass is 10.0. The summed E-state index contributed by atoms with van der Waals surface area (Å²) in [5, 5.41) is 7.62. The maximum Gasteiger partial charge on any atom is 0.115 e. The molecule has 4 heteroatoms. The second-order valence-electron chi connectivity index (χ2n) is 4.77. The van der Waals surface area contributed by atoms with Crippen LogP contribution in [-0.4, -0.2) is 33.2 Å². The van der Waals surface area contributed by atoms with Crippen molar-refractivity contribution in [1.29, 1.82) is 0 Å². The minimum absolute atomic E-state index is 0.966. The summed E-state index contributed by atoms with van der Waals surface area (Å²) < 4.78 is 0. The molecule has 2 aromatic heterocycles. The van der Waals surface area contributed by atoms with Crippen LogP contribution >= 0.6 is 0 Å². The van der Waals surface area contributed by atoms with Crippen LogP contribution in [0.15, 0.2) is 24.4 Å². The van der Waals surface area contributed by atoms with Gasteiger partial charge in [0.1, 0.15) is 5.69 Å². The Hall–Kier alpha value is -1.68. The van der Waals surface area contributed by atoms with E-state index in [1.165, 1.54) is 17.7 Å². The Kier molecular flexibility index (Phi) is 3.11. The summed E-state index contributed by atoms with van der Waals surface area (Å²) in [6.07, 6.45) is 4.09. The van der Waals surface area contributed by atoms with E-state index in [9.17, 15) is 0 Å². The van der Waals surface area contributed by atoms with E-state index in [2.05, 4.69) is 27.0 Å². The molecule has 0 spiro atoms. The summed E-state index contributed by atoms with van der Waals surface area (Å²) in [5.74, 6) is 0. The molecule has 18 heavy (non-hydrogen) atoms. The zero-order valence-electron chi connectivity index (χ0n) is 10.7. The van der Waals surface area contributed by atoms with Crippen molar-refractivity contribution in [1.82, 2.24) is 20.1 Å². The maximum atomic E-state index is 4.45. The van der Waals surface area contributed by atoms with Gasteiger partial charge in [-0.15, -0.1) is 0 Å². The summed E-state index contributed by atoms with van der Waals surface area (Å²) in [6.45, 7) is 5.51. The van der Waals surface area contributed by atoms with Crippen LogP contribution in [0.1, 0.15) is 24.6 Å². The molecule has 0 saturated carbocycles. The first kappa shape index (κ1) is 11.4. The van der Waals surface area contributed by atoms with Crippen LogP contribution in [0.3, 0.4) is 0 Å². The van der Waals surface area contributed by atoms with Gasteiger partial charge in [-0.2, -0.15) is 5.10 Å². The minimum Gasteiger partial charge on any atom is -0.299 e. The molecular formula is C14H18N4. The van der Waals surface area contributed by atoms with Crippen molar-refractivity contribution in [2.24, 2.45) is 0 Å². The first-order valence-corrected chi connectivity index (χ1v) is 6.58. The number of H-pyrrole nitrogens is 1. The fourth-order valence-corrected chi connectivity index (χ4v) is 2.57. The van der Waals surface area contributed by atoms with E-state index in [-0.39, 0.29) is 0 Å². The van der Waals surface area contributed by atoms with Gasteiger partial charge in [0.15, 0.2) is 0 Å². The molecule has 1 aliphatic rings. The van der Waals surface area contributed by atoms with Gasteiger partial charge in [0, 0.05) is 37.0 Å². The fraction of sp³-hybridized carbons (Fsp3) is 0.429. The Balaban J connectivity index is 1.93. The molecule has 3 heterocycles. The Morgan fingerprint density at radius 2 is 2.33 bits per heavy atom. The quantitative estimate of drug-likeness (QED) is 0.897. The van der Waals surface area contributed by atoms with Crippen LogP contribution in [-0.2, 0) is 13.0 Å². The monoisotopic (exact) mass is 242 g/mol. The lowest BCUT2D eigenvalue weighted by Crippen LogP contribution is -2.31. The highest BCUT2D eigenvalue weighted by molar-refractivity contribution is 5.60. The highest BCUT2D eigenvalue weighted by Crippen LogP contribution is 2.26. The summed E-state index contributed by atoms with van der Waals surface area (Å²) in [4.78, 5) is 6.89. The van der Waals surface area contributed by atoms with Gasteiger partial charge in [-0.1, -0.05) is 13.0 Å². The number of aromatic amines is 1. The van der Waals surface area contributed by atoms with Crippen molar-refractivity contribution in [3.63, 3.8) is 0 Å². The Labute approximate surface area is 107 Å². The SMILES string of the molecule is CCCN1CCc2[nH]nc(-c3ccccn3)c2C1. The van der Waals surface area contributed by atoms with Gasteiger partial charge in [0.25, 0.3) is 0 Å². The number of aromatic nitrogens is 3. The lowest BCUT2D eigenvalue weighted by Gasteiger charge is -2.26. The largest absolute Gasteiger partial charge is 0.299 e. The Bertz CT molecular complexity index is 518. The van der Waals surface area contributed by atoms with E-state index in [4.69, 9.17) is 0 Å². The van der Waals surface area contributed by atoms with Gasteiger partial charge in [0.05, 0.1) is 5.69 Å². The predicted molar refractivity (Wildman–Crippen MR) is 71.1 cm³/mol. The molecule has 94 valence electrons. The highest BCUT2D eigenvalue weighted by atomic mass is 15.2. The zero-order chi connectivity index (χ0) is 12.4. The minimum atomic E-state index is 0.966. The number of pyridine rings is 1. The van der Waals surface area contributed by atoms with Gasteiger partial charge in [-0.3, -0.25) is 15.0 Å². The van der Waals surface area contributed by atoms with Crippen molar-refractivity contribution < 1.29 is 0 Å². The van der Waals surface area contributed by atoms with E-state index in [1.54, 1.807) is 0 Å². The normalized spacial score (nSPS) is 15.6. The molecule has 2 aromatic rings. The second-order valence-corrected chi connectivity index (χ2v) is 4.77. The molecule has 4 nitrogen and oxygen atoms in total.